The van der Waals surface area contributed by atoms with Crippen LogP contribution < -0.4 is 0 Å². The van der Waals surface area contributed by atoms with Crippen molar-refractivity contribution in [3.8, 4) is 0 Å². The summed E-state index contributed by atoms with van der Waals surface area (Å²) >= 11 is 0. The van der Waals surface area contributed by atoms with E-state index in [1.165, 1.54) is 42.4 Å². The molecule has 1 aromatic carbocycles. The highest BCUT2D eigenvalue weighted by molar-refractivity contribution is 5.88. The average Bonchev–Trinajstić information content (AvgIpc) is 3.33. The van der Waals surface area contributed by atoms with Gasteiger partial charge in [-0.05, 0) is 93.7 Å². The minimum absolute atomic E-state index is 0.139. The van der Waals surface area contributed by atoms with E-state index in [-0.39, 0.29) is 18.0 Å². The molecule has 1 heterocycles. The molecule has 0 amide bonds. The summed E-state index contributed by atoms with van der Waals surface area (Å²) in [5, 5.41) is 13.6. The molecule has 1 fully saturated rings. The minimum atomic E-state index is -0.986. The lowest BCUT2D eigenvalue weighted by Gasteiger charge is -2.30. The molecular weight excluding hydrogens is 376 g/mol. The molecule has 2 aliphatic carbocycles. The smallest absolute Gasteiger partial charge is 0.356 e. The van der Waals surface area contributed by atoms with Crippen LogP contribution in [0.4, 0.5) is 0 Å². The maximum Gasteiger partial charge on any atom is 0.356 e. The van der Waals surface area contributed by atoms with Gasteiger partial charge in [-0.25, -0.2) is 4.79 Å². The molecule has 0 radical (unpaired) electrons. The zero-order valence-electron chi connectivity index (χ0n) is 18.1. The first-order valence-electron chi connectivity index (χ1n) is 11.3. The summed E-state index contributed by atoms with van der Waals surface area (Å²) in [5.74, 6) is 0.451. The largest absolute Gasteiger partial charge is 0.476 e. The number of carbonyl (C=O) groups excluding carboxylic acids is 1. The molecule has 1 saturated carbocycles. The van der Waals surface area contributed by atoms with E-state index in [9.17, 15) is 14.7 Å². The number of nitrogens with zero attached hydrogens (tertiary/aromatic N) is 2. The predicted octanol–water partition coefficient (Wildman–Crippen LogP) is 5.01. The van der Waals surface area contributed by atoms with Crippen LogP contribution in [0.3, 0.4) is 0 Å². The van der Waals surface area contributed by atoms with Gasteiger partial charge in [0.05, 0.1) is 6.54 Å². The summed E-state index contributed by atoms with van der Waals surface area (Å²) in [6.45, 7) is 4.63. The molecule has 1 aromatic heterocycles. The summed E-state index contributed by atoms with van der Waals surface area (Å²) in [4.78, 5) is 24.0. The first-order valence-corrected chi connectivity index (χ1v) is 11.3. The van der Waals surface area contributed by atoms with Crippen LogP contribution in [-0.2, 0) is 24.2 Å². The van der Waals surface area contributed by atoms with Crippen molar-refractivity contribution >= 4 is 11.8 Å². The molecule has 5 nitrogen and oxygen atoms in total. The topological polar surface area (TPSA) is 72.2 Å². The Morgan fingerprint density at radius 3 is 2.63 bits per heavy atom. The number of rotatable bonds is 7. The number of fused-ring (bicyclic) bond motifs is 1. The van der Waals surface area contributed by atoms with Crippen molar-refractivity contribution in [3.05, 3.63) is 51.8 Å². The van der Waals surface area contributed by atoms with Crippen molar-refractivity contribution in [2.24, 2.45) is 5.92 Å². The van der Waals surface area contributed by atoms with Crippen molar-refractivity contribution in [1.82, 2.24) is 9.78 Å². The lowest BCUT2D eigenvalue weighted by molar-refractivity contribution is -0.120. The summed E-state index contributed by atoms with van der Waals surface area (Å²) in [7, 11) is 0. The first kappa shape index (κ1) is 20.8. The Labute approximate surface area is 178 Å². The quantitative estimate of drug-likeness (QED) is 0.699. The highest BCUT2D eigenvalue weighted by atomic mass is 16.4. The van der Waals surface area contributed by atoms with Gasteiger partial charge in [0, 0.05) is 17.7 Å². The number of carbonyl (C=O) groups is 2. The molecule has 160 valence electrons. The van der Waals surface area contributed by atoms with Crippen LogP contribution in [0.15, 0.2) is 18.2 Å². The molecule has 2 aliphatic rings. The van der Waals surface area contributed by atoms with E-state index < -0.39 is 5.97 Å². The average molecular weight is 409 g/mol. The standard InChI is InChI=1S/C25H32N2O3/c1-16-5-3-6-21(17(16)2)19-12-9-18(10-13-19)11-14-20(28)15-27-23-8-4-7-22(23)24(26-27)25(29)30/h3,5-6,18-19H,4,7-15H2,1-2H3,(H,29,30). The number of hydrogen-bond acceptors (Lipinski definition) is 3. The van der Waals surface area contributed by atoms with Gasteiger partial charge < -0.3 is 5.11 Å². The second-order valence-corrected chi connectivity index (χ2v) is 9.17. The Balaban J connectivity index is 1.28. The fourth-order valence-corrected chi connectivity index (χ4v) is 5.40. The molecule has 2 aromatic rings. The fourth-order valence-electron chi connectivity index (χ4n) is 5.40. The van der Waals surface area contributed by atoms with Crippen molar-refractivity contribution in [3.63, 3.8) is 0 Å². The van der Waals surface area contributed by atoms with Gasteiger partial charge in [0.15, 0.2) is 11.5 Å². The molecule has 1 N–H and O–H groups in total. The fraction of sp³-hybridized carbons (Fsp3) is 0.560. The number of Topliss-reactive ketones (excluding diaryl/α,β-unsaturated/α-hetero) is 1. The second kappa shape index (κ2) is 8.75. The van der Waals surface area contributed by atoms with Gasteiger partial charge in [0.1, 0.15) is 0 Å². The van der Waals surface area contributed by atoms with Gasteiger partial charge in [0.25, 0.3) is 0 Å². The van der Waals surface area contributed by atoms with Gasteiger partial charge in [0.2, 0.25) is 0 Å². The molecule has 5 heteroatoms. The van der Waals surface area contributed by atoms with Crippen molar-refractivity contribution < 1.29 is 14.7 Å². The molecule has 0 spiro atoms. The summed E-state index contributed by atoms with van der Waals surface area (Å²) in [6, 6.07) is 6.64. The van der Waals surface area contributed by atoms with Crippen molar-refractivity contribution in [2.75, 3.05) is 0 Å². The number of aromatic nitrogens is 2. The second-order valence-electron chi connectivity index (χ2n) is 9.17. The number of aromatic carboxylic acids is 1. The van der Waals surface area contributed by atoms with Crippen LogP contribution in [0, 0.1) is 19.8 Å². The summed E-state index contributed by atoms with van der Waals surface area (Å²) in [6.07, 6.45) is 8.82. The van der Waals surface area contributed by atoms with Gasteiger partial charge in [-0.3, -0.25) is 9.48 Å². The number of hydrogen-bond donors (Lipinski definition) is 1. The van der Waals surface area contributed by atoms with E-state index in [0.717, 1.165) is 36.9 Å². The number of carboxylic acids is 1. The zero-order chi connectivity index (χ0) is 21.3. The van der Waals surface area contributed by atoms with E-state index in [1.54, 1.807) is 4.68 Å². The van der Waals surface area contributed by atoms with Gasteiger partial charge in [-0.2, -0.15) is 5.10 Å². The SMILES string of the molecule is Cc1cccc(C2CCC(CCC(=O)Cn3nc(C(=O)O)c4c3CCC4)CC2)c1C. The third kappa shape index (κ3) is 4.21. The minimum Gasteiger partial charge on any atom is -0.476 e. The predicted molar refractivity (Wildman–Crippen MR) is 116 cm³/mol. The van der Waals surface area contributed by atoms with Crippen LogP contribution in [0.2, 0.25) is 0 Å². The summed E-state index contributed by atoms with van der Waals surface area (Å²) < 4.78 is 1.66. The molecule has 0 saturated heterocycles. The van der Waals surface area contributed by atoms with Gasteiger partial charge in [-0.15, -0.1) is 0 Å². The molecule has 0 unspecified atom stereocenters. The van der Waals surface area contributed by atoms with E-state index in [0.29, 0.717) is 18.3 Å². The summed E-state index contributed by atoms with van der Waals surface area (Å²) in [5.41, 5.74) is 6.24. The third-order valence-corrected chi connectivity index (χ3v) is 7.30. The lowest BCUT2D eigenvalue weighted by atomic mass is 9.75. The first-order chi connectivity index (χ1) is 14.4. The van der Waals surface area contributed by atoms with Crippen LogP contribution in [-0.4, -0.2) is 26.6 Å². The van der Waals surface area contributed by atoms with Crippen molar-refractivity contribution in [1.29, 1.82) is 0 Å². The maximum absolute atomic E-state index is 12.6. The number of benzene rings is 1. The Morgan fingerprint density at radius 1 is 1.13 bits per heavy atom. The Hall–Kier alpha value is -2.43. The van der Waals surface area contributed by atoms with E-state index in [4.69, 9.17) is 0 Å². The van der Waals surface area contributed by atoms with Crippen LogP contribution >= 0.6 is 0 Å². The highest BCUT2D eigenvalue weighted by Gasteiger charge is 2.27. The Bertz CT molecular complexity index is 952. The molecule has 0 aliphatic heterocycles. The monoisotopic (exact) mass is 408 g/mol. The molecule has 0 atom stereocenters. The van der Waals surface area contributed by atoms with E-state index in [1.807, 2.05) is 0 Å². The number of ketones is 1. The molecule has 30 heavy (non-hydrogen) atoms. The zero-order valence-corrected chi connectivity index (χ0v) is 18.1. The Morgan fingerprint density at radius 2 is 1.90 bits per heavy atom. The van der Waals surface area contributed by atoms with Crippen LogP contribution in [0.5, 0.6) is 0 Å². The van der Waals surface area contributed by atoms with Crippen LogP contribution in [0.25, 0.3) is 0 Å². The van der Waals surface area contributed by atoms with E-state index in [2.05, 4.69) is 37.1 Å². The number of aryl methyl sites for hydroxylation is 1. The molecule has 0 bridgehead atoms. The van der Waals surface area contributed by atoms with Gasteiger partial charge in [-0.1, -0.05) is 18.2 Å². The van der Waals surface area contributed by atoms with Crippen LogP contribution in [0.1, 0.15) is 89.3 Å². The maximum atomic E-state index is 12.6. The molecular formula is C25H32N2O3. The molecule has 4 rings (SSSR count). The van der Waals surface area contributed by atoms with Crippen molar-refractivity contribution in [2.45, 2.75) is 84.1 Å². The normalized spacial score (nSPS) is 20.9. The highest BCUT2D eigenvalue weighted by Crippen LogP contribution is 2.39. The van der Waals surface area contributed by atoms with E-state index >= 15 is 0 Å². The van der Waals surface area contributed by atoms with Gasteiger partial charge >= 0.3 is 5.97 Å². The third-order valence-electron chi connectivity index (χ3n) is 7.30. The Kier molecular flexibility index (Phi) is 6.07. The lowest BCUT2D eigenvalue weighted by Crippen LogP contribution is -2.18. The number of carboxylic acid groups (broad SMARTS) is 1.